The highest BCUT2D eigenvalue weighted by Crippen LogP contribution is 2.24. The maximum Gasteiger partial charge on any atom is 0.119 e. The smallest absolute Gasteiger partial charge is 0.119 e. The molecule has 172 valence electrons. The van der Waals surface area contributed by atoms with Crippen LogP contribution in [0.4, 0.5) is 4.39 Å². The van der Waals surface area contributed by atoms with E-state index in [0.29, 0.717) is 12.8 Å². The first kappa shape index (κ1) is 23.2. The highest BCUT2D eigenvalue weighted by molar-refractivity contribution is 5.64. The molecule has 0 N–H and O–H groups in total. The van der Waals surface area contributed by atoms with Crippen LogP contribution in [-0.2, 0) is 17.6 Å². The summed E-state index contributed by atoms with van der Waals surface area (Å²) in [6.07, 6.45) is 3.62. The summed E-state index contributed by atoms with van der Waals surface area (Å²) < 4.78 is 25.6. The van der Waals surface area contributed by atoms with E-state index < -0.39 is 0 Å². The van der Waals surface area contributed by atoms with Crippen molar-refractivity contribution in [3.63, 3.8) is 0 Å². The number of ether oxygens (including phenoxy) is 2. The van der Waals surface area contributed by atoms with E-state index in [1.807, 2.05) is 54.6 Å². The van der Waals surface area contributed by atoms with E-state index in [1.54, 1.807) is 6.08 Å². The molecule has 0 aromatic heterocycles. The van der Waals surface area contributed by atoms with E-state index in [4.69, 9.17) is 9.47 Å². The van der Waals surface area contributed by atoms with Gasteiger partial charge in [-0.1, -0.05) is 66.7 Å². The Morgan fingerprint density at radius 3 is 2.21 bits per heavy atom. The summed E-state index contributed by atoms with van der Waals surface area (Å²) in [6, 6.07) is 26.3. The van der Waals surface area contributed by atoms with Crippen LogP contribution in [0.5, 0.6) is 5.75 Å². The minimum atomic E-state index is -0.0956. The Labute approximate surface area is 196 Å². The van der Waals surface area contributed by atoms with Gasteiger partial charge in [0.1, 0.15) is 11.6 Å². The summed E-state index contributed by atoms with van der Waals surface area (Å²) in [4.78, 5) is 2.42. The van der Waals surface area contributed by atoms with Gasteiger partial charge >= 0.3 is 0 Å². The van der Waals surface area contributed by atoms with Gasteiger partial charge in [-0.15, -0.1) is 0 Å². The fourth-order valence-electron chi connectivity index (χ4n) is 3.97. The van der Waals surface area contributed by atoms with Gasteiger partial charge in [0.2, 0.25) is 0 Å². The van der Waals surface area contributed by atoms with Crippen molar-refractivity contribution >= 4 is 0 Å². The van der Waals surface area contributed by atoms with Crippen LogP contribution in [0.15, 0.2) is 90.8 Å². The zero-order chi connectivity index (χ0) is 22.7. The Hall–Kier alpha value is -2.95. The molecule has 0 spiro atoms. The number of morpholine rings is 1. The van der Waals surface area contributed by atoms with Crippen LogP contribution in [0, 0.1) is 0 Å². The molecule has 1 fully saturated rings. The summed E-state index contributed by atoms with van der Waals surface area (Å²) in [6.45, 7) is 5.48. The standard InChI is InChI=1S/C29H32FNO2/c30-28(14-9-24-5-2-1-3-6-24)23-25-7-10-26(11-8-25)27-12-15-29(16-13-27)33-20-4-17-31-18-21-32-22-19-31/h1-3,5-8,10-16H,4,9,17-23H2/b28-14-. The quantitative estimate of drug-likeness (QED) is 0.352. The van der Waals surface area contributed by atoms with Crippen molar-refractivity contribution in [3.05, 3.63) is 102 Å². The second kappa shape index (κ2) is 12.3. The highest BCUT2D eigenvalue weighted by Gasteiger charge is 2.09. The summed E-state index contributed by atoms with van der Waals surface area (Å²) in [7, 11) is 0. The van der Waals surface area contributed by atoms with Gasteiger partial charge in [0.25, 0.3) is 0 Å². The predicted octanol–water partition coefficient (Wildman–Crippen LogP) is 6.09. The first-order valence-corrected chi connectivity index (χ1v) is 11.8. The first-order valence-electron chi connectivity index (χ1n) is 11.8. The third-order valence-corrected chi connectivity index (χ3v) is 5.91. The van der Waals surface area contributed by atoms with Crippen LogP contribution in [0.2, 0.25) is 0 Å². The van der Waals surface area contributed by atoms with Gasteiger partial charge in [0.05, 0.1) is 19.8 Å². The van der Waals surface area contributed by atoms with Crippen LogP contribution in [0.1, 0.15) is 17.5 Å². The predicted molar refractivity (Wildman–Crippen MR) is 132 cm³/mol. The zero-order valence-corrected chi connectivity index (χ0v) is 19.1. The molecule has 4 heteroatoms. The van der Waals surface area contributed by atoms with E-state index >= 15 is 0 Å². The molecule has 1 aliphatic rings. The molecule has 1 heterocycles. The maximum atomic E-state index is 14.3. The van der Waals surface area contributed by atoms with Crippen molar-refractivity contribution in [2.24, 2.45) is 0 Å². The summed E-state index contributed by atoms with van der Waals surface area (Å²) in [5, 5.41) is 0. The Kier molecular flexibility index (Phi) is 8.68. The van der Waals surface area contributed by atoms with Gasteiger partial charge in [-0.3, -0.25) is 4.90 Å². The minimum absolute atomic E-state index is 0.0956. The Bertz CT molecular complexity index is 994. The molecule has 3 aromatic rings. The number of halogens is 1. The van der Waals surface area contributed by atoms with Crippen molar-refractivity contribution in [3.8, 4) is 16.9 Å². The van der Waals surface area contributed by atoms with Gasteiger partial charge in [-0.25, -0.2) is 4.39 Å². The molecular formula is C29H32FNO2. The molecule has 0 aliphatic carbocycles. The number of hydrogen-bond acceptors (Lipinski definition) is 3. The van der Waals surface area contributed by atoms with Gasteiger partial charge in [-0.05, 0) is 53.3 Å². The number of rotatable bonds is 10. The Morgan fingerprint density at radius 2 is 1.52 bits per heavy atom. The van der Waals surface area contributed by atoms with Crippen molar-refractivity contribution in [2.75, 3.05) is 39.5 Å². The molecule has 1 saturated heterocycles. The largest absolute Gasteiger partial charge is 0.494 e. The molecule has 0 radical (unpaired) electrons. The lowest BCUT2D eigenvalue weighted by molar-refractivity contribution is 0.0358. The molecule has 0 atom stereocenters. The average Bonchev–Trinajstić information content (AvgIpc) is 2.88. The molecule has 3 nitrogen and oxygen atoms in total. The molecule has 4 rings (SSSR count). The molecule has 3 aromatic carbocycles. The van der Waals surface area contributed by atoms with Crippen LogP contribution in [-0.4, -0.2) is 44.4 Å². The van der Waals surface area contributed by atoms with E-state index in [1.165, 1.54) is 0 Å². The normalized spacial score (nSPS) is 14.9. The first-order chi connectivity index (χ1) is 16.3. The molecule has 0 saturated carbocycles. The van der Waals surface area contributed by atoms with Gasteiger partial charge < -0.3 is 9.47 Å². The molecule has 33 heavy (non-hydrogen) atoms. The lowest BCUT2D eigenvalue weighted by Crippen LogP contribution is -2.37. The Morgan fingerprint density at radius 1 is 0.848 bits per heavy atom. The van der Waals surface area contributed by atoms with Crippen molar-refractivity contribution < 1.29 is 13.9 Å². The second-order valence-electron chi connectivity index (χ2n) is 8.39. The monoisotopic (exact) mass is 445 g/mol. The minimum Gasteiger partial charge on any atom is -0.494 e. The molecular weight excluding hydrogens is 413 g/mol. The average molecular weight is 446 g/mol. The number of benzene rings is 3. The third-order valence-electron chi connectivity index (χ3n) is 5.91. The fraction of sp³-hybridized carbons (Fsp3) is 0.310. The molecule has 0 unspecified atom stereocenters. The Balaban J connectivity index is 1.23. The van der Waals surface area contributed by atoms with Gasteiger partial charge in [0, 0.05) is 26.1 Å². The molecule has 1 aliphatic heterocycles. The van der Waals surface area contributed by atoms with Crippen LogP contribution in [0.3, 0.4) is 0 Å². The van der Waals surface area contributed by atoms with E-state index in [2.05, 4.69) is 29.2 Å². The lowest BCUT2D eigenvalue weighted by atomic mass is 10.0. The van der Waals surface area contributed by atoms with Gasteiger partial charge in [-0.2, -0.15) is 0 Å². The second-order valence-corrected chi connectivity index (χ2v) is 8.39. The summed E-state index contributed by atoms with van der Waals surface area (Å²) in [5.41, 5.74) is 4.34. The zero-order valence-electron chi connectivity index (χ0n) is 19.1. The van der Waals surface area contributed by atoms with Crippen molar-refractivity contribution in [2.45, 2.75) is 19.3 Å². The summed E-state index contributed by atoms with van der Waals surface area (Å²) >= 11 is 0. The van der Waals surface area contributed by atoms with Crippen molar-refractivity contribution in [1.82, 2.24) is 4.90 Å². The molecule has 0 amide bonds. The van der Waals surface area contributed by atoms with E-state index in [0.717, 1.165) is 73.9 Å². The van der Waals surface area contributed by atoms with Crippen LogP contribution in [0.25, 0.3) is 11.1 Å². The molecule has 0 bridgehead atoms. The van der Waals surface area contributed by atoms with Gasteiger partial charge in [0.15, 0.2) is 0 Å². The van der Waals surface area contributed by atoms with E-state index in [9.17, 15) is 4.39 Å². The maximum absolute atomic E-state index is 14.3. The topological polar surface area (TPSA) is 21.7 Å². The van der Waals surface area contributed by atoms with Crippen LogP contribution >= 0.6 is 0 Å². The lowest BCUT2D eigenvalue weighted by Gasteiger charge is -2.26. The van der Waals surface area contributed by atoms with Crippen LogP contribution < -0.4 is 4.74 Å². The van der Waals surface area contributed by atoms with E-state index in [-0.39, 0.29) is 5.83 Å². The number of hydrogen-bond donors (Lipinski definition) is 0. The SMILES string of the molecule is F/C(=C\Cc1ccccc1)Cc1ccc(-c2ccc(OCCCN3CCOCC3)cc2)cc1. The fourth-order valence-corrected chi connectivity index (χ4v) is 3.97. The number of allylic oxidation sites excluding steroid dienone is 2. The highest BCUT2D eigenvalue weighted by atomic mass is 19.1. The third kappa shape index (κ3) is 7.55. The summed E-state index contributed by atoms with van der Waals surface area (Å²) in [5.74, 6) is 0.796. The number of nitrogens with zero attached hydrogens (tertiary/aromatic N) is 1. The van der Waals surface area contributed by atoms with Crippen molar-refractivity contribution in [1.29, 1.82) is 0 Å².